The van der Waals surface area contributed by atoms with Crippen LogP contribution in [0.15, 0.2) is 183 Å². The van der Waals surface area contributed by atoms with Crippen molar-refractivity contribution in [1.29, 1.82) is 0 Å². The molecule has 0 saturated heterocycles. The molecule has 7 heteroatoms. The summed E-state index contributed by atoms with van der Waals surface area (Å²) in [5, 5.41) is 2.59. The summed E-state index contributed by atoms with van der Waals surface area (Å²) in [6.45, 7) is 0. The summed E-state index contributed by atoms with van der Waals surface area (Å²) in [7, 11) is 4.04. The summed E-state index contributed by atoms with van der Waals surface area (Å²) in [5.74, 6) is 1.84. The molecule has 0 saturated carbocycles. The Hall–Kier alpha value is -7.02. The van der Waals surface area contributed by atoms with E-state index in [1.54, 1.807) is 0 Å². The zero-order chi connectivity index (χ0) is 43.7. The Morgan fingerprint density at radius 3 is 1.67 bits per heavy atom. The van der Waals surface area contributed by atoms with Gasteiger partial charge in [-0.05, 0) is 64.6 Å². The number of imidazole rings is 2. The number of fused-ring (bicyclic) bond motifs is 3. The second-order valence-electron chi connectivity index (χ2n) is 16.7. The maximum atomic E-state index is 4.73. The fourth-order valence-corrected chi connectivity index (χ4v) is 10.2. The SMILES string of the molecule is Cn1ccnc1-c1[c-]cc(CCc2cc(CCc3c[c-]c(-c4nccn4C)cc3)cc(-c3ccccc3-c3c[c-]c(-c4ccccn4)cc3-c3ccc4c(c3)sc3ccccc34)c2)cc1.[Ir+3]. The number of benzene rings is 7. The third-order valence-corrected chi connectivity index (χ3v) is 13.6. The largest absolute Gasteiger partial charge is 3.00 e. The molecule has 0 fully saturated rings. The Kier molecular flexibility index (Phi) is 12.2. The van der Waals surface area contributed by atoms with Crippen LogP contribution in [-0.4, -0.2) is 24.1 Å². The van der Waals surface area contributed by atoms with Gasteiger partial charge in [-0.2, -0.15) is 0 Å². The summed E-state index contributed by atoms with van der Waals surface area (Å²) in [4.78, 5) is 13.8. The van der Waals surface area contributed by atoms with Crippen LogP contribution in [0.5, 0.6) is 0 Å². The molecule has 0 bridgehead atoms. The Labute approximate surface area is 403 Å². The van der Waals surface area contributed by atoms with Crippen molar-refractivity contribution in [3.8, 4) is 67.4 Å². The van der Waals surface area contributed by atoms with E-state index in [1.807, 2.05) is 77.7 Å². The number of hydrogen-bond acceptors (Lipinski definition) is 4. The number of thiophene rings is 1. The first-order valence-corrected chi connectivity index (χ1v) is 22.9. The standard InChI is InChI=1S/C59H44N5S.Ir/c1-63-33-31-61-58(63)44-22-18-40(19-23-44)14-16-42-35-43(17-15-41-20-24-45(25-21-41)59-62-32-34-64(59)2)37-48(36-42)49-9-3-4-10-50(49)51-28-27-47(55-12-7-8-30-60-55)38-54(51)46-26-29-53-52-11-5-6-13-56(52)65-57(53)39-46;/h3-13,18-22,24,26,28-39H,14-17H2,1-2H3;/q-3;+3. The van der Waals surface area contributed by atoms with Gasteiger partial charge in [0.2, 0.25) is 0 Å². The van der Waals surface area contributed by atoms with Gasteiger partial charge < -0.3 is 14.1 Å². The fourth-order valence-electron chi connectivity index (χ4n) is 9.02. The molecule has 0 aliphatic heterocycles. The van der Waals surface area contributed by atoms with Crippen LogP contribution in [0.2, 0.25) is 0 Å². The second kappa shape index (κ2) is 18.8. The predicted octanol–water partition coefficient (Wildman–Crippen LogP) is 13.9. The van der Waals surface area contributed by atoms with E-state index in [-0.39, 0.29) is 20.1 Å². The molecule has 0 unspecified atom stereocenters. The van der Waals surface area contributed by atoms with Gasteiger partial charge in [-0.3, -0.25) is 9.97 Å². The summed E-state index contributed by atoms with van der Waals surface area (Å²) >= 11 is 1.85. The van der Waals surface area contributed by atoms with Crippen molar-refractivity contribution < 1.29 is 20.1 Å². The smallest absolute Gasteiger partial charge is 0.373 e. The second-order valence-corrected chi connectivity index (χ2v) is 17.8. The van der Waals surface area contributed by atoms with E-state index in [0.717, 1.165) is 70.8 Å². The molecule has 0 N–H and O–H groups in total. The molecule has 7 aromatic carbocycles. The Balaban J connectivity index is 0.00000511. The van der Waals surface area contributed by atoms with E-state index in [2.05, 4.69) is 168 Å². The van der Waals surface area contributed by atoms with Crippen LogP contribution in [0.4, 0.5) is 0 Å². The fraction of sp³-hybridized carbons (Fsp3) is 0.102. The van der Waals surface area contributed by atoms with Crippen molar-refractivity contribution >= 4 is 31.5 Å². The molecule has 320 valence electrons. The Morgan fingerprint density at radius 2 is 1.05 bits per heavy atom. The van der Waals surface area contributed by atoms with E-state index >= 15 is 0 Å². The molecule has 66 heavy (non-hydrogen) atoms. The van der Waals surface area contributed by atoms with Crippen LogP contribution >= 0.6 is 11.3 Å². The number of aromatic nitrogens is 5. The average Bonchev–Trinajstić information content (AvgIpc) is 4.10. The van der Waals surface area contributed by atoms with Gasteiger partial charge in [0, 0.05) is 65.3 Å². The first-order chi connectivity index (χ1) is 32.0. The van der Waals surface area contributed by atoms with Gasteiger partial charge in [-0.15, -0.1) is 106 Å². The van der Waals surface area contributed by atoms with Gasteiger partial charge in [0.25, 0.3) is 0 Å². The maximum absolute atomic E-state index is 4.73. The topological polar surface area (TPSA) is 48.5 Å². The molecular weight excluding hydrogens is 1000 g/mol. The van der Waals surface area contributed by atoms with Crippen LogP contribution < -0.4 is 0 Å². The normalized spacial score (nSPS) is 11.3. The molecule has 11 aromatic rings. The minimum Gasteiger partial charge on any atom is -0.373 e. The van der Waals surface area contributed by atoms with Crippen molar-refractivity contribution in [3.63, 3.8) is 0 Å². The van der Waals surface area contributed by atoms with Gasteiger partial charge >= 0.3 is 20.1 Å². The quantitative estimate of drug-likeness (QED) is 0.115. The molecule has 0 spiro atoms. The molecule has 0 amide bonds. The third-order valence-electron chi connectivity index (χ3n) is 12.4. The average molecular weight is 1050 g/mol. The molecule has 4 aromatic heterocycles. The third kappa shape index (κ3) is 8.73. The number of pyridine rings is 1. The molecule has 5 nitrogen and oxygen atoms in total. The molecular formula is C59H44IrN5S. The molecule has 0 aliphatic rings. The van der Waals surface area contributed by atoms with Crippen LogP contribution in [0.25, 0.3) is 87.6 Å². The molecule has 0 radical (unpaired) electrons. The van der Waals surface area contributed by atoms with Gasteiger partial charge in [-0.1, -0.05) is 114 Å². The number of nitrogens with zero attached hydrogens (tertiary/aromatic N) is 5. The minimum atomic E-state index is 0. The molecule has 0 aliphatic carbocycles. The number of aryl methyl sites for hydroxylation is 6. The van der Waals surface area contributed by atoms with E-state index in [4.69, 9.17) is 4.98 Å². The van der Waals surface area contributed by atoms with E-state index in [0.29, 0.717) is 0 Å². The summed E-state index contributed by atoms with van der Waals surface area (Å²) in [6.07, 6.45) is 13.1. The van der Waals surface area contributed by atoms with E-state index in [9.17, 15) is 0 Å². The van der Waals surface area contributed by atoms with Crippen molar-refractivity contribution in [2.75, 3.05) is 0 Å². The van der Waals surface area contributed by atoms with Gasteiger partial charge in [0.15, 0.2) is 0 Å². The first kappa shape index (κ1) is 42.9. The van der Waals surface area contributed by atoms with Gasteiger partial charge in [0.05, 0.1) is 11.6 Å². The predicted molar refractivity (Wildman–Crippen MR) is 267 cm³/mol. The van der Waals surface area contributed by atoms with Crippen molar-refractivity contribution in [3.05, 3.63) is 223 Å². The van der Waals surface area contributed by atoms with Crippen molar-refractivity contribution in [1.82, 2.24) is 24.1 Å². The van der Waals surface area contributed by atoms with Crippen molar-refractivity contribution in [2.45, 2.75) is 25.7 Å². The zero-order valence-electron chi connectivity index (χ0n) is 36.6. The summed E-state index contributed by atoms with van der Waals surface area (Å²) < 4.78 is 6.64. The summed E-state index contributed by atoms with van der Waals surface area (Å²) in [5.41, 5.74) is 16.0. The van der Waals surface area contributed by atoms with Gasteiger partial charge in [0.1, 0.15) is 0 Å². The first-order valence-electron chi connectivity index (χ1n) is 22.1. The number of hydrogen-bond donors (Lipinski definition) is 0. The monoisotopic (exact) mass is 1050 g/mol. The maximum Gasteiger partial charge on any atom is 3.00 e. The van der Waals surface area contributed by atoms with Crippen molar-refractivity contribution in [2.24, 2.45) is 14.1 Å². The molecule has 4 heterocycles. The van der Waals surface area contributed by atoms with Gasteiger partial charge in [-0.25, -0.2) is 0 Å². The summed E-state index contributed by atoms with van der Waals surface area (Å²) in [6, 6.07) is 65.8. The zero-order valence-corrected chi connectivity index (χ0v) is 39.8. The van der Waals surface area contributed by atoms with Crippen LogP contribution in [0.3, 0.4) is 0 Å². The van der Waals surface area contributed by atoms with E-state index in [1.165, 1.54) is 64.7 Å². The Bertz CT molecular complexity index is 3350. The van der Waals surface area contributed by atoms with Crippen LogP contribution in [0.1, 0.15) is 22.3 Å². The van der Waals surface area contributed by atoms with E-state index < -0.39 is 0 Å². The minimum absolute atomic E-state index is 0. The van der Waals surface area contributed by atoms with Crippen LogP contribution in [0, 0.1) is 18.2 Å². The molecule has 0 atom stereocenters. The molecule has 11 rings (SSSR count). The van der Waals surface area contributed by atoms with Crippen LogP contribution in [-0.2, 0) is 59.9 Å². The Morgan fingerprint density at radius 1 is 0.439 bits per heavy atom. The number of rotatable bonds is 12.